The molecule has 0 aliphatic carbocycles. The Kier molecular flexibility index (Phi) is 3.20. The number of aromatic carboxylic acids is 1. The second-order valence-electron chi connectivity index (χ2n) is 3.32. The van der Waals surface area contributed by atoms with Crippen molar-refractivity contribution in [1.82, 2.24) is 5.16 Å². The molecular formula is C11H7ClFNO4. The van der Waals surface area contributed by atoms with Crippen LogP contribution in [0.3, 0.4) is 0 Å². The molecule has 2 aromatic rings. The highest BCUT2D eigenvalue weighted by Gasteiger charge is 2.19. The zero-order valence-corrected chi connectivity index (χ0v) is 9.86. The SMILES string of the molecule is COc1c(-c2cc(C(=O)O)on2)ccc(F)c1Cl. The first-order valence-corrected chi connectivity index (χ1v) is 5.14. The molecule has 1 aromatic carbocycles. The number of carboxylic acid groups (broad SMARTS) is 1. The number of benzene rings is 1. The summed E-state index contributed by atoms with van der Waals surface area (Å²) in [5.41, 5.74) is 0.548. The highest BCUT2D eigenvalue weighted by molar-refractivity contribution is 6.32. The summed E-state index contributed by atoms with van der Waals surface area (Å²) >= 11 is 5.74. The molecule has 0 unspecified atom stereocenters. The molecule has 1 heterocycles. The molecule has 0 aliphatic heterocycles. The molecule has 94 valence electrons. The molecule has 0 spiro atoms. The summed E-state index contributed by atoms with van der Waals surface area (Å²) in [6.07, 6.45) is 0. The van der Waals surface area contributed by atoms with Crippen LogP contribution in [-0.2, 0) is 0 Å². The van der Waals surface area contributed by atoms with Gasteiger partial charge in [0.25, 0.3) is 0 Å². The third-order valence-corrected chi connectivity index (χ3v) is 2.60. The number of methoxy groups -OCH3 is 1. The van der Waals surface area contributed by atoms with Gasteiger partial charge >= 0.3 is 5.97 Å². The molecule has 0 bridgehead atoms. The van der Waals surface area contributed by atoms with E-state index in [-0.39, 0.29) is 22.2 Å². The van der Waals surface area contributed by atoms with Crippen LogP contribution in [0.25, 0.3) is 11.3 Å². The van der Waals surface area contributed by atoms with Crippen molar-refractivity contribution in [3.8, 4) is 17.0 Å². The molecule has 2 rings (SSSR count). The van der Waals surface area contributed by atoms with Gasteiger partial charge in [0.15, 0.2) is 0 Å². The van der Waals surface area contributed by atoms with Crippen molar-refractivity contribution in [3.05, 3.63) is 34.8 Å². The lowest BCUT2D eigenvalue weighted by atomic mass is 10.1. The lowest BCUT2D eigenvalue weighted by molar-refractivity contribution is 0.0652. The van der Waals surface area contributed by atoms with E-state index < -0.39 is 11.8 Å². The van der Waals surface area contributed by atoms with E-state index in [9.17, 15) is 9.18 Å². The Morgan fingerprint density at radius 2 is 2.28 bits per heavy atom. The second kappa shape index (κ2) is 4.66. The van der Waals surface area contributed by atoms with Gasteiger partial charge in [-0.05, 0) is 12.1 Å². The van der Waals surface area contributed by atoms with Crippen molar-refractivity contribution in [1.29, 1.82) is 0 Å². The van der Waals surface area contributed by atoms with E-state index in [1.807, 2.05) is 0 Å². The van der Waals surface area contributed by atoms with Crippen LogP contribution in [0.2, 0.25) is 5.02 Å². The van der Waals surface area contributed by atoms with Crippen LogP contribution in [0, 0.1) is 5.82 Å². The molecule has 0 saturated heterocycles. The standard InChI is InChI=1S/C11H7ClFNO4/c1-17-10-5(2-3-6(13)9(10)12)7-4-8(11(15)16)18-14-7/h2-4H,1H3,(H,15,16). The summed E-state index contributed by atoms with van der Waals surface area (Å²) in [5.74, 6) is -2.14. The number of rotatable bonds is 3. The predicted molar refractivity (Wildman–Crippen MR) is 60.4 cm³/mol. The van der Waals surface area contributed by atoms with Crippen LogP contribution >= 0.6 is 11.6 Å². The second-order valence-corrected chi connectivity index (χ2v) is 3.70. The van der Waals surface area contributed by atoms with Crippen molar-refractivity contribution in [2.45, 2.75) is 0 Å². The van der Waals surface area contributed by atoms with E-state index in [0.29, 0.717) is 5.56 Å². The lowest BCUT2D eigenvalue weighted by Crippen LogP contribution is -1.93. The van der Waals surface area contributed by atoms with Gasteiger partial charge in [-0.25, -0.2) is 9.18 Å². The van der Waals surface area contributed by atoms with Gasteiger partial charge in [0.1, 0.15) is 22.3 Å². The fourth-order valence-electron chi connectivity index (χ4n) is 1.44. The molecule has 0 atom stereocenters. The molecule has 0 saturated carbocycles. The van der Waals surface area contributed by atoms with Crippen molar-refractivity contribution in [2.75, 3.05) is 7.11 Å². The van der Waals surface area contributed by atoms with Crippen LogP contribution in [0.4, 0.5) is 4.39 Å². The van der Waals surface area contributed by atoms with Crippen LogP contribution < -0.4 is 4.74 Å². The number of carbonyl (C=O) groups is 1. The first-order chi connectivity index (χ1) is 8.54. The van der Waals surface area contributed by atoms with Crippen LogP contribution in [0.1, 0.15) is 10.6 Å². The Labute approximate surface area is 106 Å². The maximum atomic E-state index is 13.2. The number of hydrogen-bond acceptors (Lipinski definition) is 4. The monoisotopic (exact) mass is 271 g/mol. The Morgan fingerprint density at radius 3 is 2.83 bits per heavy atom. The van der Waals surface area contributed by atoms with Crippen LogP contribution in [-0.4, -0.2) is 23.3 Å². The average Bonchev–Trinajstić information content (AvgIpc) is 2.82. The smallest absolute Gasteiger partial charge is 0.374 e. The van der Waals surface area contributed by atoms with E-state index in [4.69, 9.17) is 21.4 Å². The van der Waals surface area contributed by atoms with E-state index in [1.54, 1.807) is 0 Å². The predicted octanol–water partition coefficient (Wildman–Crippen LogP) is 2.84. The zero-order valence-electron chi connectivity index (χ0n) is 9.11. The Morgan fingerprint density at radius 1 is 1.56 bits per heavy atom. The fraction of sp³-hybridized carbons (Fsp3) is 0.0909. The zero-order chi connectivity index (χ0) is 13.3. The van der Waals surface area contributed by atoms with E-state index in [2.05, 4.69) is 9.68 Å². The minimum absolute atomic E-state index is 0.0712. The topological polar surface area (TPSA) is 72.6 Å². The van der Waals surface area contributed by atoms with Gasteiger partial charge < -0.3 is 14.4 Å². The molecular weight excluding hydrogens is 265 g/mol. The summed E-state index contributed by atoms with van der Waals surface area (Å²) < 4.78 is 22.8. The maximum Gasteiger partial charge on any atom is 0.374 e. The van der Waals surface area contributed by atoms with Gasteiger partial charge in [0, 0.05) is 11.6 Å². The molecule has 5 nitrogen and oxygen atoms in total. The minimum atomic E-state index is -1.25. The first-order valence-electron chi connectivity index (χ1n) is 4.77. The summed E-state index contributed by atoms with van der Waals surface area (Å²) in [7, 11) is 1.32. The number of aromatic nitrogens is 1. The third-order valence-electron chi connectivity index (χ3n) is 2.25. The molecule has 0 radical (unpaired) electrons. The van der Waals surface area contributed by atoms with E-state index >= 15 is 0 Å². The maximum absolute atomic E-state index is 13.2. The van der Waals surface area contributed by atoms with Crippen molar-refractivity contribution in [3.63, 3.8) is 0 Å². The highest BCUT2D eigenvalue weighted by Crippen LogP contribution is 2.37. The molecule has 0 fully saturated rings. The highest BCUT2D eigenvalue weighted by atomic mass is 35.5. The van der Waals surface area contributed by atoms with Crippen molar-refractivity contribution < 1.29 is 23.6 Å². The third kappa shape index (κ3) is 2.02. The van der Waals surface area contributed by atoms with Gasteiger partial charge in [-0.1, -0.05) is 16.8 Å². The van der Waals surface area contributed by atoms with Crippen molar-refractivity contribution in [2.24, 2.45) is 0 Å². The van der Waals surface area contributed by atoms with E-state index in [1.165, 1.54) is 19.2 Å². The lowest BCUT2D eigenvalue weighted by Gasteiger charge is -2.08. The number of carboxylic acids is 1. The Balaban J connectivity index is 2.56. The van der Waals surface area contributed by atoms with E-state index in [0.717, 1.165) is 6.07 Å². The minimum Gasteiger partial charge on any atom is -0.494 e. The summed E-state index contributed by atoms with van der Waals surface area (Å²) in [6.45, 7) is 0. The summed E-state index contributed by atoms with van der Waals surface area (Å²) in [6, 6.07) is 3.72. The number of hydrogen-bond donors (Lipinski definition) is 1. The quantitative estimate of drug-likeness (QED) is 0.929. The van der Waals surface area contributed by atoms with Gasteiger partial charge in [-0.3, -0.25) is 0 Å². The molecule has 7 heteroatoms. The molecule has 1 N–H and O–H groups in total. The normalized spacial score (nSPS) is 10.4. The van der Waals surface area contributed by atoms with Crippen LogP contribution in [0.15, 0.2) is 22.7 Å². The van der Waals surface area contributed by atoms with Crippen LogP contribution in [0.5, 0.6) is 5.75 Å². The van der Waals surface area contributed by atoms with Gasteiger partial charge in [-0.15, -0.1) is 0 Å². The Hall–Kier alpha value is -2.08. The largest absolute Gasteiger partial charge is 0.494 e. The van der Waals surface area contributed by atoms with Gasteiger partial charge in [-0.2, -0.15) is 0 Å². The Bertz CT molecular complexity index is 611. The number of ether oxygens (including phenoxy) is 1. The average molecular weight is 272 g/mol. The molecule has 0 aliphatic rings. The summed E-state index contributed by atoms with van der Waals surface area (Å²) in [5, 5.41) is 12.1. The van der Waals surface area contributed by atoms with Gasteiger partial charge in [0.05, 0.1) is 7.11 Å². The molecule has 1 aromatic heterocycles. The summed E-state index contributed by atoms with van der Waals surface area (Å²) in [4.78, 5) is 10.7. The first kappa shape index (κ1) is 12.4. The fourth-order valence-corrected chi connectivity index (χ4v) is 1.68. The number of nitrogens with zero attached hydrogens (tertiary/aromatic N) is 1. The van der Waals surface area contributed by atoms with Crippen molar-refractivity contribution >= 4 is 17.6 Å². The molecule has 0 amide bonds. The number of halogens is 2. The molecule has 18 heavy (non-hydrogen) atoms. The van der Waals surface area contributed by atoms with Gasteiger partial charge in [0.2, 0.25) is 5.76 Å².